The molecule has 0 aliphatic rings. The summed E-state index contributed by atoms with van der Waals surface area (Å²) in [6, 6.07) is 7.76. The maximum atomic E-state index is 10.9. The summed E-state index contributed by atoms with van der Waals surface area (Å²) in [6.07, 6.45) is 3.70. The van der Waals surface area contributed by atoms with Crippen molar-refractivity contribution in [3.63, 3.8) is 0 Å². The van der Waals surface area contributed by atoms with E-state index in [9.17, 15) is 4.79 Å². The molecule has 2 aromatic heterocycles. The van der Waals surface area contributed by atoms with E-state index in [-0.39, 0.29) is 0 Å². The predicted molar refractivity (Wildman–Crippen MR) is 79.5 cm³/mol. The molecule has 2 N–H and O–H groups in total. The molecule has 0 aliphatic heterocycles. The molecule has 0 saturated carbocycles. The first-order chi connectivity index (χ1) is 10.2. The number of aromatic nitrogens is 2. The molecule has 21 heavy (non-hydrogen) atoms. The molecule has 0 atom stereocenters. The van der Waals surface area contributed by atoms with Crippen molar-refractivity contribution in [2.24, 2.45) is 4.99 Å². The van der Waals surface area contributed by atoms with Gasteiger partial charge >= 0.3 is 5.97 Å². The lowest BCUT2D eigenvalue weighted by Crippen LogP contribution is -2.19. The van der Waals surface area contributed by atoms with Gasteiger partial charge in [0.25, 0.3) is 0 Å². The summed E-state index contributed by atoms with van der Waals surface area (Å²) in [5.74, 6) is -1.21. The van der Waals surface area contributed by atoms with E-state index in [4.69, 9.17) is 5.41 Å². The maximum Gasteiger partial charge on any atom is 0.375 e. The zero-order valence-electron chi connectivity index (χ0n) is 11.5. The topological polar surface area (TPSA) is 100 Å². The lowest BCUT2D eigenvalue weighted by Gasteiger charge is -2.02. The molecule has 7 heteroatoms. The maximum absolute atomic E-state index is 10.9. The van der Waals surface area contributed by atoms with E-state index in [0.717, 1.165) is 16.7 Å². The van der Waals surface area contributed by atoms with Crippen LogP contribution in [-0.4, -0.2) is 41.8 Å². The van der Waals surface area contributed by atoms with Crippen molar-refractivity contribution in [1.29, 1.82) is 5.41 Å². The van der Waals surface area contributed by atoms with Crippen LogP contribution >= 0.6 is 0 Å². The number of rotatable bonds is 4. The number of amidine groups is 1. The Morgan fingerprint density at radius 1 is 1.48 bits per heavy atom. The van der Waals surface area contributed by atoms with Crippen molar-refractivity contribution in [2.75, 3.05) is 13.7 Å². The normalized spacial score (nSPS) is 10.7. The first-order valence-corrected chi connectivity index (χ1v) is 6.34. The van der Waals surface area contributed by atoms with E-state index in [1.165, 1.54) is 13.4 Å². The lowest BCUT2D eigenvalue weighted by molar-refractivity contribution is -0.132. The molecule has 7 nitrogen and oxygen atoms in total. The van der Waals surface area contributed by atoms with Crippen LogP contribution in [0.1, 0.15) is 5.69 Å². The second-order valence-corrected chi connectivity index (χ2v) is 4.16. The van der Waals surface area contributed by atoms with E-state index in [1.807, 2.05) is 24.3 Å². The summed E-state index contributed by atoms with van der Waals surface area (Å²) >= 11 is 0. The summed E-state index contributed by atoms with van der Waals surface area (Å²) < 4.78 is 4.36. The van der Waals surface area contributed by atoms with Crippen LogP contribution in [0.2, 0.25) is 0 Å². The molecular weight excluding hydrogens is 270 g/mol. The van der Waals surface area contributed by atoms with Gasteiger partial charge in [0, 0.05) is 30.2 Å². The summed E-state index contributed by atoms with van der Waals surface area (Å²) in [5, 5.41) is 11.1. The molecule has 0 spiro atoms. The third-order valence-electron chi connectivity index (χ3n) is 2.71. The zero-order valence-corrected chi connectivity index (χ0v) is 11.5. The van der Waals surface area contributed by atoms with Crippen LogP contribution in [0.4, 0.5) is 0 Å². The Balaban J connectivity index is 1.84. The monoisotopic (exact) mass is 285 g/mol. The van der Waals surface area contributed by atoms with E-state index < -0.39 is 11.8 Å². The van der Waals surface area contributed by atoms with Gasteiger partial charge in [0.1, 0.15) is 0 Å². The van der Waals surface area contributed by atoms with Gasteiger partial charge in [-0.1, -0.05) is 0 Å². The van der Waals surface area contributed by atoms with Crippen LogP contribution < -0.4 is 5.32 Å². The zero-order chi connectivity index (χ0) is 15.1. The number of esters is 1. The fourth-order valence-corrected chi connectivity index (χ4v) is 1.66. The van der Waals surface area contributed by atoms with Gasteiger partial charge in [-0.3, -0.25) is 5.41 Å². The average molecular weight is 285 g/mol. The third kappa shape index (κ3) is 4.07. The Kier molecular flexibility index (Phi) is 4.92. The van der Waals surface area contributed by atoms with Crippen molar-refractivity contribution in [1.82, 2.24) is 15.3 Å². The van der Waals surface area contributed by atoms with Crippen molar-refractivity contribution in [3.05, 3.63) is 36.2 Å². The molecule has 0 bridgehead atoms. The second kappa shape index (κ2) is 7.09. The number of aliphatic imine (C=N–C) groups is 1. The number of hydrogen-bond donors (Lipinski definition) is 2. The lowest BCUT2D eigenvalue weighted by atomic mass is 10.2. The molecule has 0 aromatic carbocycles. The van der Waals surface area contributed by atoms with Gasteiger partial charge in [-0.25, -0.2) is 19.8 Å². The van der Waals surface area contributed by atoms with E-state index >= 15 is 0 Å². The highest BCUT2D eigenvalue weighted by molar-refractivity contribution is 6.35. The molecule has 0 radical (unpaired) electrons. The summed E-state index contributed by atoms with van der Waals surface area (Å²) in [6.45, 7) is 0.587. The fourth-order valence-electron chi connectivity index (χ4n) is 1.66. The molecule has 0 amide bonds. The number of hydrogen-bond acceptors (Lipinski definition) is 5. The van der Waals surface area contributed by atoms with Gasteiger partial charge in [-0.2, -0.15) is 0 Å². The van der Waals surface area contributed by atoms with Gasteiger partial charge in [0.2, 0.25) is 5.84 Å². The minimum Gasteiger partial charge on any atom is -0.463 e. The quantitative estimate of drug-likeness (QED) is 0.377. The smallest absolute Gasteiger partial charge is 0.375 e. The third-order valence-corrected chi connectivity index (χ3v) is 2.71. The SMILES string of the molecule is COC(=O)C(=N)/N=C\NCCc1ccc2cccnc2n1. The van der Waals surface area contributed by atoms with Crippen LogP contribution in [0.5, 0.6) is 0 Å². The highest BCUT2D eigenvalue weighted by atomic mass is 16.5. The second-order valence-electron chi connectivity index (χ2n) is 4.16. The first-order valence-electron chi connectivity index (χ1n) is 6.34. The summed E-state index contributed by atoms with van der Waals surface area (Å²) in [5.41, 5.74) is 1.63. The van der Waals surface area contributed by atoms with E-state index in [0.29, 0.717) is 13.0 Å². The van der Waals surface area contributed by atoms with Crippen LogP contribution in [-0.2, 0) is 16.0 Å². The number of carbonyl (C=O) groups excluding carboxylic acids is 1. The number of pyridine rings is 2. The van der Waals surface area contributed by atoms with Crippen molar-refractivity contribution < 1.29 is 9.53 Å². The number of nitrogens with one attached hydrogen (secondary N) is 2. The molecule has 2 aromatic rings. The largest absolute Gasteiger partial charge is 0.463 e. The van der Waals surface area contributed by atoms with Gasteiger partial charge < -0.3 is 10.1 Å². The molecular formula is C14H15N5O2. The molecule has 0 aliphatic carbocycles. The van der Waals surface area contributed by atoms with E-state index in [2.05, 4.69) is 25.0 Å². The molecule has 2 heterocycles. The Hall–Kier alpha value is -2.83. The standard InChI is InChI=1S/C14H15N5O2/c1-21-14(20)12(15)18-9-16-8-6-11-5-4-10-3-2-7-17-13(10)19-11/h2-5,7,9H,6,8H2,1H3,(H2,15,16,18). The molecule has 0 unspecified atom stereocenters. The van der Waals surface area contributed by atoms with Crippen LogP contribution in [0.15, 0.2) is 35.5 Å². The van der Waals surface area contributed by atoms with Gasteiger partial charge in [-0.05, 0) is 24.3 Å². The Labute approximate surface area is 121 Å². The number of carbonyl (C=O) groups is 1. The van der Waals surface area contributed by atoms with Crippen molar-refractivity contribution >= 4 is 29.2 Å². The Morgan fingerprint density at radius 2 is 2.33 bits per heavy atom. The first kappa shape index (κ1) is 14.6. The highest BCUT2D eigenvalue weighted by Crippen LogP contribution is 2.09. The number of ether oxygens (including phenoxy) is 1. The van der Waals surface area contributed by atoms with Gasteiger partial charge in [0.05, 0.1) is 13.4 Å². The molecule has 0 saturated heterocycles. The van der Waals surface area contributed by atoms with Crippen molar-refractivity contribution in [2.45, 2.75) is 6.42 Å². The van der Waals surface area contributed by atoms with Gasteiger partial charge in [0.15, 0.2) is 5.65 Å². The Morgan fingerprint density at radius 3 is 3.14 bits per heavy atom. The average Bonchev–Trinajstić information content (AvgIpc) is 2.53. The van der Waals surface area contributed by atoms with Crippen LogP contribution in [0, 0.1) is 5.41 Å². The Bertz CT molecular complexity index is 684. The molecule has 2 rings (SSSR count). The van der Waals surface area contributed by atoms with Gasteiger partial charge in [-0.15, -0.1) is 0 Å². The highest BCUT2D eigenvalue weighted by Gasteiger charge is 2.05. The number of nitrogens with zero attached hydrogens (tertiary/aromatic N) is 3. The molecule has 0 fully saturated rings. The predicted octanol–water partition coefficient (Wildman–Crippen LogP) is 0.940. The minimum atomic E-state index is -0.768. The summed E-state index contributed by atoms with van der Waals surface area (Å²) in [4.78, 5) is 23.2. The fraction of sp³-hybridized carbons (Fsp3) is 0.214. The van der Waals surface area contributed by atoms with Crippen LogP contribution in [0.25, 0.3) is 11.0 Å². The van der Waals surface area contributed by atoms with Crippen molar-refractivity contribution in [3.8, 4) is 0 Å². The summed E-state index contributed by atoms with van der Waals surface area (Å²) in [7, 11) is 1.21. The number of methoxy groups -OCH3 is 1. The van der Waals surface area contributed by atoms with E-state index in [1.54, 1.807) is 6.20 Å². The molecule has 108 valence electrons. The minimum absolute atomic E-state index is 0.446. The number of fused-ring (bicyclic) bond motifs is 1. The van der Waals surface area contributed by atoms with Crippen LogP contribution in [0.3, 0.4) is 0 Å².